The van der Waals surface area contributed by atoms with Crippen molar-refractivity contribution in [3.8, 4) is 0 Å². The fourth-order valence-electron chi connectivity index (χ4n) is 1.73. The molecule has 0 bridgehead atoms. The molecule has 3 N–H and O–H groups in total. The summed E-state index contributed by atoms with van der Waals surface area (Å²) in [5.74, 6) is 1.70. The van der Waals surface area contributed by atoms with Crippen molar-refractivity contribution >= 4 is 40.0 Å². The van der Waals surface area contributed by atoms with Gasteiger partial charge in [0.15, 0.2) is 11.7 Å². The van der Waals surface area contributed by atoms with Gasteiger partial charge in [-0.1, -0.05) is 19.0 Å². The lowest BCUT2D eigenvalue weighted by atomic mass is 10.1. The van der Waals surface area contributed by atoms with Crippen LogP contribution < -0.4 is 15.4 Å². The van der Waals surface area contributed by atoms with Crippen LogP contribution in [0.15, 0.2) is 15.6 Å². The number of nitrogens with one attached hydrogen (secondary N) is 3. The molecule has 0 amide bonds. The topological polar surface area (TPSA) is 109 Å². The summed E-state index contributed by atoms with van der Waals surface area (Å²) in [6.07, 6.45) is 1.81. The van der Waals surface area contributed by atoms with Crippen LogP contribution in [0.2, 0.25) is 0 Å². The Labute approximate surface area is 161 Å². The summed E-state index contributed by atoms with van der Waals surface area (Å²) in [4.78, 5) is 4.42. The average molecular weight is 473 g/mol. The molecule has 8 nitrogen and oxygen atoms in total. The number of aromatic nitrogens is 1. The summed E-state index contributed by atoms with van der Waals surface area (Å²) in [5, 5.41) is 10.3. The van der Waals surface area contributed by atoms with Gasteiger partial charge in [0.05, 0.1) is 11.9 Å². The molecule has 0 aliphatic heterocycles. The third-order valence-electron chi connectivity index (χ3n) is 2.92. The van der Waals surface area contributed by atoms with Gasteiger partial charge in [-0.3, -0.25) is 0 Å². The van der Waals surface area contributed by atoms with Crippen molar-refractivity contribution in [3.05, 3.63) is 17.5 Å². The minimum Gasteiger partial charge on any atom is -0.359 e. The molecule has 1 rings (SSSR count). The van der Waals surface area contributed by atoms with Crippen molar-refractivity contribution in [1.29, 1.82) is 0 Å². The van der Waals surface area contributed by atoms with Gasteiger partial charge < -0.3 is 15.2 Å². The first kappa shape index (κ1) is 23.1. The van der Waals surface area contributed by atoms with Crippen LogP contribution in [-0.2, 0) is 16.6 Å². The SMILES string of the molecule is CCNC(=NCc1cc(C(C)C)no1)NCCCNS(C)(=O)=O.I. The van der Waals surface area contributed by atoms with Crippen LogP contribution in [0.4, 0.5) is 0 Å². The Morgan fingerprint density at radius 2 is 2.04 bits per heavy atom. The molecular formula is C14H28IN5O3S. The van der Waals surface area contributed by atoms with Gasteiger partial charge in [-0.25, -0.2) is 18.1 Å². The first-order chi connectivity index (χ1) is 10.8. The van der Waals surface area contributed by atoms with Crippen molar-refractivity contribution in [2.24, 2.45) is 4.99 Å². The van der Waals surface area contributed by atoms with Crippen molar-refractivity contribution in [3.63, 3.8) is 0 Å². The van der Waals surface area contributed by atoms with E-state index in [1.54, 1.807) is 0 Å². The summed E-state index contributed by atoms with van der Waals surface area (Å²) < 4.78 is 29.6. The maximum atomic E-state index is 11.0. The van der Waals surface area contributed by atoms with Crippen molar-refractivity contribution in [1.82, 2.24) is 20.5 Å². The highest BCUT2D eigenvalue weighted by atomic mass is 127. The fraction of sp³-hybridized carbons (Fsp3) is 0.714. The summed E-state index contributed by atoms with van der Waals surface area (Å²) in [6, 6.07) is 1.91. The van der Waals surface area contributed by atoms with E-state index in [1.807, 2.05) is 13.0 Å². The highest BCUT2D eigenvalue weighted by molar-refractivity contribution is 14.0. The van der Waals surface area contributed by atoms with Gasteiger partial charge in [-0.15, -0.1) is 24.0 Å². The average Bonchev–Trinajstić information content (AvgIpc) is 2.92. The second-order valence-electron chi connectivity index (χ2n) is 5.51. The molecule has 0 aliphatic carbocycles. The number of rotatable bonds is 9. The molecule has 0 aliphatic rings. The number of guanidine groups is 1. The number of halogens is 1. The zero-order chi connectivity index (χ0) is 17.3. The lowest BCUT2D eigenvalue weighted by molar-refractivity contribution is 0.376. The van der Waals surface area contributed by atoms with E-state index in [9.17, 15) is 8.42 Å². The Morgan fingerprint density at radius 1 is 1.33 bits per heavy atom. The van der Waals surface area contributed by atoms with Gasteiger partial charge in [0, 0.05) is 25.7 Å². The second-order valence-corrected chi connectivity index (χ2v) is 7.35. The quantitative estimate of drug-likeness (QED) is 0.217. The predicted octanol–water partition coefficient (Wildman–Crippen LogP) is 1.41. The highest BCUT2D eigenvalue weighted by Crippen LogP contribution is 2.14. The summed E-state index contributed by atoms with van der Waals surface area (Å²) >= 11 is 0. The Kier molecular flexibility index (Phi) is 11.2. The smallest absolute Gasteiger partial charge is 0.208 e. The third-order valence-corrected chi connectivity index (χ3v) is 3.64. The van der Waals surface area contributed by atoms with E-state index in [2.05, 4.69) is 39.4 Å². The number of hydrogen-bond acceptors (Lipinski definition) is 5. The van der Waals surface area contributed by atoms with Crippen LogP contribution in [0.1, 0.15) is 44.6 Å². The molecule has 0 saturated carbocycles. The Morgan fingerprint density at radius 3 is 2.58 bits per heavy atom. The molecule has 0 spiro atoms. The van der Waals surface area contributed by atoms with E-state index in [1.165, 1.54) is 0 Å². The van der Waals surface area contributed by atoms with Gasteiger partial charge in [0.2, 0.25) is 10.0 Å². The maximum absolute atomic E-state index is 11.0. The van der Waals surface area contributed by atoms with E-state index >= 15 is 0 Å². The van der Waals surface area contributed by atoms with Crippen molar-refractivity contribution in [2.45, 2.75) is 39.7 Å². The van der Waals surface area contributed by atoms with Crippen molar-refractivity contribution < 1.29 is 12.9 Å². The van der Waals surface area contributed by atoms with Crippen LogP contribution in [0.25, 0.3) is 0 Å². The predicted molar refractivity (Wildman–Crippen MR) is 106 cm³/mol. The van der Waals surface area contributed by atoms with Gasteiger partial charge in [0.25, 0.3) is 0 Å². The summed E-state index contributed by atoms with van der Waals surface area (Å²) in [6.45, 7) is 8.24. The van der Waals surface area contributed by atoms with Gasteiger partial charge in [0.1, 0.15) is 6.54 Å². The first-order valence-corrected chi connectivity index (χ1v) is 9.63. The highest BCUT2D eigenvalue weighted by Gasteiger charge is 2.07. The standard InChI is InChI=1S/C14H27N5O3S.HI/c1-5-15-14(16-7-6-8-18-23(4,20)21)17-10-12-9-13(11(2)3)19-22-12;/h9,11,18H,5-8,10H2,1-4H3,(H2,15,16,17);1H. The third kappa shape index (κ3) is 10.1. The zero-order valence-corrected chi connectivity index (χ0v) is 17.8. The van der Waals surface area contributed by atoms with E-state index < -0.39 is 10.0 Å². The van der Waals surface area contributed by atoms with E-state index in [0.717, 1.165) is 18.5 Å². The van der Waals surface area contributed by atoms with Crippen LogP contribution in [0, 0.1) is 0 Å². The Balaban J connectivity index is 0.00000529. The van der Waals surface area contributed by atoms with Gasteiger partial charge in [-0.2, -0.15) is 0 Å². The molecule has 0 saturated heterocycles. The summed E-state index contributed by atoms with van der Waals surface area (Å²) in [7, 11) is -3.13. The number of nitrogens with zero attached hydrogens (tertiary/aromatic N) is 2. The monoisotopic (exact) mass is 473 g/mol. The van der Waals surface area contributed by atoms with Gasteiger partial charge >= 0.3 is 0 Å². The van der Waals surface area contributed by atoms with E-state index in [4.69, 9.17) is 4.52 Å². The Hall–Kier alpha value is -0.880. The molecular weight excluding hydrogens is 445 g/mol. The molecule has 1 aromatic heterocycles. The fourth-order valence-corrected chi connectivity index (χ4v) is 2.24. The molecule has 0 atom stereocenters. The lowest BCUT2D eigenvalue weighted by Gasteiger charge is -2.10. The molecule has 140 valence electrons. The van der Waals surface area contributed by atoms with Crippen LogP contribution in [0.5, 0.6) is 0 Å². The maximum Gasteiger partial charge on any atom is 0.208 e. The number of aliphatic imine (C=N–C) groups is 1. The second kappa shape index (κ2) is 11.6. The minimum absolute atomic E-state index is 0. The summed E-state index contributed by atoms with van der Waals surface area (Å²) in [5.41, 5.74) is 0.917. The molecule has 24 heavy (non-hydrogen) atoms. The first-order valence-electron chi connectivity index (χ1n) is 7.74. The Bertz CT molecular complexity index is 601. The molecule has 10 heteroatoms. The molecule has 0 unspecified atom stereocenters. The molecule has 0 fully saturated rings. The van der Waals surface area contributed by atoms with Gasteiger partial charge in [-0.05, 0) is 19.3 Å². The van der Waals surface area contributed by atoms with Crippen LogP contribution in [-0.4, -0.2) is 45.4 Å². The van der Waals surface area contributed by atoms with Crippen LogP contribution >= 0.6 is 24.0 Å². The molecule has 1 aromatic rings. The molecule has 0 aromatic carbocycles. The van der Waals surface area contributed by atoms with Crippen LogP contribution in [0.3, 0.4) is 0 Å². The number of hydrogen-bond donors (Lipinski definition) is 3. The zero-order valence-electron chi connectivity index (χ0n) is 14.6. The normalized spacial score (nSPS) is 12.1. The molecule has 1 heterocycles. The number of sulfonamides is 1. The molecule has 0 radical (unpaired) electrons. The largest absolute Gasteiger partial charge is 0.359 e. The minimum atomic E-state index is -3.13. The van der Waals surface area contributed by atoms with E-state index in [-0.39, 0.29) is 24.0 Å². The lowest BCUT2D eigenvalue weighted by Crippen LogP contribution is -2.38. The van der Waals surface area contributed by atoms with Crippen molar-refractivity contribution in [2.75, 3.05) is 25.9 Å². The van der Waals surface area contributed by atoms with E-state index in [0.29, 0.717) is 43.7 Å².